The Hall–Kier alpha value is -0.610. The van der Waals surface area contributed by atoms with E-state index < -0.39 is 0 Å². The fourth-order valence-corrected chi connectivity index (χ4v) is 3.74. The first-order valence-electron chi connectivity index (χ1n) is 11.9. The lowest BCUT2D eigenvalue weighted by Crippen LogP contribution is -2.50. The Labute approximate surface area is 168 Å². The Morgan fingerprint density at radius 2 is 1.30 bits per heavy atom. The number of piperazine rings is 1. The summed E-state index contributed by atoms with van der Waals surface area (Å²) in [6, 6.07) is 0.281. The Kier molecular flexibility index (Phi) is 17.0. The Bertz CT molecular complexity index is 330. The van der Waals surface area contributed by atoms with Crippen molar-refractivity contribution in [2.75, 3.05) is 26.2 Å². The molecule has 1 atom stereocenters. The first-order chi connectivity index (χ1) is 13.3. The van der Waals surface area contributed by atoms with Crippen LogP contribution in [0.1, 0.15) is 110 Å². The summed E-state index contributed by atoms with van der Waals surface area (Å²) in [4.78, 5) is 11.7. The summed E-state index contributed by atoms with van der Waals surface area (Å²) in [7, 11) is 0. The Balaban J connectivity index is 1.73. The molecule has 0 spiro atoms. The molecule has 4 heteroatoms. The standard InChI is InChI=1S/C23H46N2O2/c1-2-3-4-5-6-7-8-9-10-11-12-13-14-15-16-17-23(26)27-21-22-20-24-18-19-25-22/h22,24-25H,2-21H2,1H3. The van der Waals surface area contributed by atoms with Gasteiger partial charge in [-0.15, -0.1) is 0 Å². The average molecular weight is 383 g/mol. The number of hydrogen-bond donors (Lipinski definition) is 2. The lowest BCUT2D eigenvalue weighted by molar-refractivity contribution is -0.144. The van der Waals surface area contributed by atoms with Gasteiger partial charge in [-0.05, 0) is 6.42 Å². The molecule has 0 aromatic carbocycles. The van der Waals surface area contributed by atoms with Crippen LogP contribution in [0.25, 0.3) is 0 Å². The highest BCUT2D eigenvalue weighted by Crippen LogP contribution is 2.13. The van der Waals surface area contributed by atoms with Gasteiger partial charge in [-0.2, -0.15) is 0 Å². The minimum atomic E-state index is -0.0305. The SMILES string of the molecule is CCCCCCCCCCCCCCCCCC(=O)OCC1CNCCN1. The maximum Gasteiger partial charge on any atom is 0.305 e. The van der Waals surface area contributed by atoms with E-state index in [1.165, 1.54) is 83.5 Å². The molecule has 0 saturated carbocycles. The van der Waals surface area contributed by atoms with Crippen molar-refractivity contribution < 1.29 is 9.53 Å². The van der Waals surface area contributed by atoms with Gasteiger partial charge in [-0.25, -0.2) is 0 Å². The van der Waals surface area contributed by atoms with Crippen molar-refractivity contribution in [3.63, 3.8) is 0 Å². The molecule has 1 rings (SSSR count). The molecule has 1 saturated heterocycles. The van der Waals surface area contributed by atoms with Crippen molar-refractivity contribution in [2.24, 2.45) is 0 Å². The van der Waals surface area contributed by atoms with Gasteiger partial charge in [-0.3, -0.25) is 4.79 Å². The van der Waals surface area contributed by atoms with Crippen molar-refractivity contribution in [1.29, 1.82) is 0 Å². The molecule has 1 fully saturated rings. The second-order valence-corrected chi connectivity index (χ2v) is 8.24. The van der Waals surface area contributed by atoms with Gasteiger partial charge in [0.1, 0.15) is 6.61 Å². The highest BCUT2D eigenvalue weighted by molar-refractivity contribution is 5.69. The number of carbonyl (C=O) groups excluding carboxylic acids is 1. The van der Waals surface area contributed by atoms with Gasteiger partial charge in [0.05, 0.1) is 6.04 Å². The van der Waals surface area contributed by atoms with Crippen LogP contribution in [0.5, 0.6) is 0 Å². The van der Waals surface area contributed by atoms with E-state index in [0.29, 0.717) is 13.0 Å². The minimum Gasteiger partial charge on any atom is -0.464 e. The van der Waals surface area contributed by atoms with E-state index in [-0.39, 0.29) is 12.0 Å². The van der Waals surface area contributed by atoms with Crippen LogP contribution in [0, 0.1) is 0 Å². The summed E-state index contributed by atoms with van der Waals surface area (Å²) in [6.45, 7) is 5.64. The average Bonchev–Trinajstić information content (AvgIpc) is 2.70. The molecule has 1 aliphatic rings. The van der Waals surface area contributed by atoms with Crippen LogP contribution < -0.4 is 10.6 Å². The van der Waals surface area contributed by atoms with Crippen LogP contribution in [0.4, 0.5) is 0 Å². The quantitative estimate of drug-likeness (QED) is 0.248. The molecule has 0 bridgehead atoms. The number of esters is 1. The molecule has 0 radical (unpaired) electrons. The third kappa shape index (κ3) is 16.1. The zero-order chi connectivity index (χ0) is 19.4. The second-order valence-electron chi connectivity index (χ2n) is 8.24. The first-order valence-corrected chi connectivity index (χ1v) is 11.9. The minimum absolute atomic E-state index is 0.0305. The van der Waals surface area contributed by atoms with Crippen LogP contribution in [-0.4, -0.2) is 38.3 Å². The summed E-state index contributed by atoms with van der Waals surface area (Å²) in [5.74, 6) is -0.0305. The molecule has 0 aromatic heterocycles. The fraction of sp³-hybridized carbons (Fsp3) is 0.957. The van der Waals surface area contributed by atoms with Crippen molar-refractivity contribution in [2.45, 2.75) is 116 Å². The van der Waals surface area contributed by atoms with E-state index in [0.717, 1.165) is 32.5 Å². The monoisotopic (exact) mass is 382 g/mol. The van der Waals surface area contributed by atoms with Gasteiger partial charge < -0.3 is 15.4 Å². The summed E-state index contributed by atoms with van der Waals surface area (Å²) < 4.78 is 5.36. The van der Waals surface area contributed by atoms with Crippen LogP contribution in [-0.2, 0) is 9.53 Å². The highest BCUT2D eigenvalue weighted by Gasteiger charge is 2.13. The third-order valence-electron chi connectivity index (χ3n) is 5.56. The lowest BCUT2D eigenvalue weighted by atomic mass is 10.0. The molecular weight excluding hydrogens is 336 g/mol. The molecule has 0 amide bonds. The number of nitrogens with one attached hydrogen (secondary N) is 2. The van der Waals surface area contributed by atoms with Gasteiger partial charge >= 0.3 is 5.97 Å². The Morgan fingerprint density at radius 3 is 1.78 bits per heavy atom. The number of carbonyl (C=O) groups is 1. The maximum atomic E-state index is 11.7. The highest BCUT2D eigenvalue weighted by atomic mass is 16.5. The molecule has 0 aromatic rings. The van der Waals surface area contributed by atoms with Gasteiger partial charge in [-0.1, -0.05) is 96.8 Å². The van der Waals surface area contributed by atoms with E-state index in [2.05, 4.69) is 17.6 Å². The van der Waals surface area contributed by atoms with Crippen molar-refractivity contribution in [3.8, 4) is 0 Å². The summed E-state index contributed by atoms with van der Waals surface area (Å²) in [5.41, 5.74) is 0. The smallest absolute Gasteiger partial charge is 0.305 e. The summed E-state index contributed by atoms with van der Waals surface area (Å²) in [6.07, 6.45) is 20.8. The van der Waals surface area contributed by atoms with Crippen LogP contribution >= 0.6 is 0 Å². The molecule has 1 unspecified atom stereocenters. The van der Waals surface area contributed by atoms with Gasteiger partial charge in [0.15, 0.2) is 0 Å². The summed E-state index contributed by atoms with van der Waals surface area (Å²) >= 11 is 0. The number of hydrogen-bond acceptors (Lipinski definition) is 4. The molecule has 1 aliphatic heterocycles. The predicted octanol–water partition coefficient (Wildman–Crippen LogP) is 5.35. The molecule has 0 aliphatic carbocycles. The first kappa shape index (κ1) is 24.4. The van der Waals surface area contributed by atoms with Gasteiger partial charge in [0, 0.05) is 26.1 Å². The molecular formula is C23H46N2O2. The fourth-order valence-electron chi connectivity index (χ4n) is 3.74. The van der Waals surface area contributed by atoms with E-state index in [1.807, 2.05) is 0 Å². The molecule has 2 N–H and O–H groups in total. The van der Waals surface area contributed by atoms with E-state index in [1.54, 1.807) is 0 Å². The maximum absolute atomic E-state index is 11.7. The topological polar surface area (TPSA) is 50.4 Å². The number of ether oxygens (including phenoxy) is 1. The molecule has 4 nitrogen and oxygen atoms in total. The Morgan fingerprint density at radius 1 is 0.778 bits per heavy atom. The van der Waals surface area contributed by atoms with E-state index >= 15 is 0 Å². The van der Waals surface area contributed by atoms with E-state index in [4.69, 9.17) is 4.74 Å². The number of rotatable bonds is 18. The van der Waals surface area contributed by atoms with Gasteiger partial charge in [0.25, 0.3) is 0 Å². The van der Waals surface area contributed by atoms with Crippen LogP contribution in [0.2, 0.25) is 0 Å². The van der Waals surface area contributed by atoms with Gasteiger partial charge in [0.2, 0.25) is 0 Å². The second kappa shape index (κ2) is 18.7. The van der Waals surface area contributed by atoms with E-state index in [9.17, 15) is 4.79 Å². The number of unbranched alkanes of at least 4 members (excludes halogenated alkanes) is 14. The third-order valence-corrected chi connectivity index (χ3v) is 5.56. The van der Waals surface area contributed by atoms with Crippen molar-refractivity contribution >= 4 is 5.97 Å². The predicted molar refractivity (Wildman–Crippen MR) is 115 cm³/mol. The normalized spacial score (nSPS) is 17.1. The van der Waals surface area contributed by atoms with Crippen molar-refractivity contribution in [3.05, 3.63) is 0 Å². The van der Waals surface area contributed by atoms with Crippen molar-refractivity contribution in [1.82, 2.24) is 10.6 Å². The van der Waals surface area contributed by atoms with Crippen LogP contribution in [0.3, 0.4) is 0 Å². The molecule has 1 heterocycles. The summed E-state index contributed by atoms with van der Waals surface area (Å²) in [5, 5.41) is 6.66. The lowest BCUT2D eigenvalue weighted by Gasteiger charge is -2.23. The molecule has 160 valence electrons. The largest absolute Gasteiger partial charge is 0.464 e. The zero-order valence-electron chi connectivity index (χ0n) is 18.0. The van der Waals surface area contributed by atoms with Crippen LogP contribution in [0.15, 0.2) is 0 Å². The zero-order valence-corrected chi connectivity index (χ0v) is 18.0. The molecule has 27 heavy (non-hydrogen) atoms.